The molecule has 2 atom stereocenters. The van der Waals surface area contributed by atoms with Gasteiger partial charge in [0, 0.05) is 24.6 Å². The third-order valence-corrected chi connectivity index (χ3v) is 5.38. The maximum Gasteiger partial charge on any atom is 0.127 e. The number of ether oxygens (including phenoxy) is 1. The van der Waals surface area contributed by atoms with Crippen molar-refractivity contribution in [3.63, 3.8) is 0 Å². The van der Waals surface area contributed by atoms with E-state index in [1.807, 2.05) is 18.4 Å². The second-order valence-corrected chi connectivity index (χ2v) is 7.95. The molecule has 1 aliphatic carbocycles. The minimum Gasteiger partial charge on any atom is -0.491 e. The normalized spacial score (nSPS) is 29.3. The molecule has 1 aromatic carbocycles. The fourth-order valence-corrected chi connectivity index (χ4v) is 3.90. The molecule has 0 N–H and O–H groups in total. The summed E-state index contributed by atoms with van der Waals surface area (Å²) in [5.74, 6) is 1.17. The number of benzene rings is 1. The number of nitrogens with zero attached hydrogens (tertiary/aromatic N) is 2. The highest BCUT2D eigenvalue weighted by Crippen LogP contribution is 2.35. The van der Waals surface area contributed by atoms with Crippen LogP contribution in [0.15, 0.2) is 81.6 Å². The zero-order chi connectivity index (χ0) is 20.3. The smallest absolute Gasteiger partial charge is 0.127 e. The molecular weight excluding hydrogens is 370 g/mol. The van der Waals surface area contributed by atoms with Gasteiger partial charge in [0.1, 0.15) is 29.8 Å². The maximum atomic E-state index is 13.5. The Balaban J connectivity index is 1.49. The van der Waals surface area contributed by atoms with E-state index in [9.17, 15) is 8.78 Å². The molecule has 0 aromatic heterocycles. The molecule has 0 amide bonds. The van der Waals surface area contributed by atoms with Gasteiger partial charge in [0.2, 0.25) is 0 Å². The van der Waals surface area contributed by atoms with Crippen LogP contribution >= 0.6 is 0 Å². The molecule has 0 spiro atoms. The molecule has 1 aromatic rings. The number of rotatable bonds is 4. The molecule has 0 radical (unpaired) electrons. The van der Waals surface area contributed by atoms with Crippen molar-refractivity contribution in [1.29, 1.82) is 0 Å². The topological polar surface area (TPSA) is 34.0 Å². The summed E-state index contributed by atoms with van der Waals surface area (Å²) in [5.41, 5.74) is 1.55. The van der Waals surface area contributed by atoms with Crippen LogP contribution in [-0.2, 0) is 0 Å². The van der Waals surface area contributed by atoms with Gasteiger partial charge in [-0.05, 0) is 55.5 Å². The van der Waals surface area contributed by atoms with Gasteiger partial charge in [-0.15, -0.1) is 0 Å². The van der Waals surface area contributed by atoms with Crippen LogP contribution < -0.4 is 4.74 Å². The van der Waals surface area contributed by atoms with E-state index in [0.717, 1.165) is 36.2 Å². The van der Waals surface area contributed by atoms with E-state index in [-0.39, 0.29) is 23.1 Å². The van der Waals surface area contributed by atoms with Crippen molar-refractivity contribution in [1.82, 2.24) is 0 Å². The van der Waals surface area contributed by atoms with E-state index in [2.05, 4.69) is 18.0 Å². The number of hydrogen-bond acceptors (Lipinski definition) is 3. The molecule has 4 rings (SSSR count). The number of allylic oxidation sites excluding steroid dienone is 8. The maximum absolute atomic E-state index is 13.5. The van der Waals surface area contributed by atoms with Crippen LogP contribution in [0.4, 0.5) is 8.78 Å². The summed E-state index contributed by atoms with van der Waals surface area (Å²) < 4.78 is 32.6. The van der Waals surface area contributed by atoms with Crippen LogP contribution in [0.5, 0.6) is 5.75 Å². The summed E-state index contributed by atoms with van der Waals surface area (Å²) in [5, 5.41) is 0. The Morgan fingerprint density at radius 1 is 1.21 bits per heavy atom. The Bertz CT molecular complexity index is 971. The molecule has 150 valence electrons. The molecule has 2 aliphatic heterocycles. The van der Waals surface area contributed by atoms with Crippen molar-refractivity contribution in [2.75, 3.05) is 6.61 Å². The molecule has 2 unspecified atom stereocenters. The Kier molecular flexibility index (Phi) is 5.56. The predicted molar refractivity (Wildman–Crippen MR) is 113 cm³/mol. The van der Waals surface area contributed by atoms with Crippen LogP contribution in [0, 0.1) is 11.7 Å². The highest BCUT2D eigenvalue weighted by Gasteiger charge is 2.38. The van der Waals surface area contributed by atoms with Crippen molar-refractivity contribution >= 4 is 12.1 Å². The van der Waals surface area contributed by atoms with Crippen LogP contribution in [0.2, 0.25) is 0 Å². The highest BCUT2D eigenvalue weighted by atomic mass is 19.1. The van der Waals surface area contributed by atoms with Gasteiger partial charge in [-0.2, -0.15) is 0 Å². The first-order chi connectivity index (χ1) is 14.0. The summed E-state index contributed by atoms with van der Waals surface area (Å²) in [7, 11) is 0. The molecule has 5 heteroatoms. The van der Waals surface area contributed by atoms with Crippen molar-refractivity contribution in [2.24, 2.45) is 15.9 Å². The molecule has 2 heterocycles. The Hall–Kier alpha value is -2.82. The van der Waals surface area contributed by atoms with E-state index < -0.39 is 0 Å². The van der Waals surface area contributed by atoms with Crippen LogP contribution in [0.1, 0.15) is 32.6 Å². The molecular formula is C24H24F2N2O. The highest BCUT2D eigenvalue weighted by molar-refractivity contribution is 5.99. The van der Waals surface area contributed by atoms with Gasteiger partial charge in [0.05, 0.1) is 5.54 Å². The Labute approximate surface area is 169 Å². The lowest BCUT2D eigenvalue weighted by atomic mass is 9.89. The predicted octanol–water partition coefficient (Wildman–Crippen LogP) is 5.91. The van der Waals surface area contributed by atoms with Gasteiger partial charge in [-0.1, -0.05) is 30.4 Å². The number of halogens is 2. The van der Waals surface area contributed by atoms with E-state index in [0.29, 0.717) is 18.8 Å². The van der Waals surface area contributed by atoms with Gasteiger partial charge in [0.15, 0.2) is 0 Å². The third-order valence-electron chi connectivity index (χ3n) is 5.38. The number of amidine groups is 1. The van der Waals surface area contributed by atoms with Crippen LogP contribution in [0.25, 0.3) is 0 Å². The van der Waals surface area contributed by atoms with Crippen LogP contribution in [0.3, 0.4) is 0 Å². The quantitative estimate of drug-likeness (QED) is 0.625. The molecule has 0 fully saturated rings. The summed E-state index contributed by atoms with van der Waals surface area (Å²) in [6.45, 7) is 2.43. The average Bonchev–Trinajstić information content (AvgIpc) is 2.84. The zero-order valence-corrected chi connectivity index (χ0v) is 16.4. The van der Waals surface area contributed by atoms with Crippen molar-refractivity contribution in [3.8, 4) is 5.75 Å². The summed E-state index contributed by atoms with van der Waals surface area (Å²) >= 11 is 0. The van der Waals surface area contributed by atoms with Crippen molar-refractivity contribution in [2.45, 2.75) is 38.1 Å². The van der Waals surface area contributed by atoms with Gasteiger partial charge >= 0.3 is 0 Å². The van der Waals surface area contributed by atoms with Gasteiger partial charge in [-0.25, -0.2) is 13.8 Å². The molecule has 3 aliphatic rings. The van der Waals surface area contributed by atoms with Crippen molar-refractivity contribution < 1.29 is 13.5 Å². The van der Waals surface area contributed by atoms with Crippen molar-refractivity contribution in [3.05, 3.63) is 77.4 Å². The minimum absolute atomic E-state index is 0.145. The van der Waals surface area contributed by atoms with Crippen LogP contribution in [-0.4, -0.2) is 24.2 Å². The number of fused-ring (bicyclic) bond motifs is 1. The van der Waals surface area contributed by atoms with Gasteiger partial charge in [0.25, 0.3) is 0 Å². The lowest BCUT2D eigenvalue weighted by Crippen LogP contribution is -2.29. The monoisotopic (exact) mass is 394 g/mol. The first-order valence-electron chi connectivity index (χ1n) is 9.96. The minimum atomic E-state index is -0.387. The second kappa shape index (κ2) is 8.27. The van der Waals surface area contributed by atoms with E-state index in [1.165, 1.54) is 18.2 Å². The first-order valence-corrected chi connectivity index (χ1v) is 9.96. The lowest BCUT2D eigenvalue weighted by molar-refractivity contribution is 0.222. The van der Waals surface area contributed by atoms with E-state index in [4.69, 9.17) is 9.73 Å². The average molecular weight is 394 g/mol. The molecule has 0 bridgehead atoms. The second-order valence-electron chi connectivity index (χ2n) is 7.95. The zero-order valence-electron chi connectivity index (χ0n) is 16.4. The fraction of sp³-hybridized carbons (Fsp3) is 0.333. The van der Waals surface area contributed by atoms with E-state index in [1.54, 1.807) is 18.2 Å². The fourth-order valence-electron chi connectivity index (χ4n) is 3.90. The standard InChI is InChI=1S/C24H24F2N2O/c1-24(16-29-22-10-4-9-21(26)13-22)14-18-6-2-7-19(15-27-23(18)28-24)17-5-3-8-20(25)12-11-17/h3-5,7,9-13,15,18H,2,6,8,14,16H2,1H3/b19-7+,27-15-. The molecule has 29 heavy (non-hydrogen) atoms. The van der Waals surface area contributed by atoms with Gasteiger partial charge in [-0.3, -0.25) is 4.99 Å². The summed E-state index contributed by atoms with van der Waals surface area (Å²) in [6.07, 6.45) is 14.1. The largest absolute Gasteiger partial charge is 0.491 e. The Morgan fingerprint density at radius 2 is 2.10 bits per heavy atom. The number of aliphatic imine (C=N–C) groups is 2. The molecule has 0 saturated carbocycles. The third kappa shape index (κ3) is 4.78. The number of hydrogen-bond donors (Lipinski definition) is 0. The van der Waals surface area contributed by atoms with Gasteiger partial charge < -0.3 is 4.74 Å². The summed E-state index contributed by atoms with van der Waals surface area (Å²) in [4.78, 5) is 9.52. The first kappa shape index (κ1) is 19.5. The summed E-state index contributed by atoms with van der Waals surface area (Å²) in [6, 6.07) is 6.16. The lowest BCUT2D eigenvalue weighted by Gasteiger charge is -2.22. The molecule has 3 nitrogen and oxygen atoms in total. The SMILES string of the molecule is CC1(COc2cccc(F)c2)CC2CC/C=C(C3=CC=C(F)CC=C3)\C=N/C2=N1. The Morgan fingerprint density at radius 3 is 2.97 bits per heavy atom. The van der Waals surface area contributed by atoms with E-state index >= 15 is 0 Å². The molecule has 0 saturated heterocycles.